The van der Waals surface area contributed by atoms with Crippen LogP contribution >= 0.6 is 11.8 Å². The number of thioether (sulfide) groups is 1. The van der Waals surface area contributed by atoms with E-state index in [0.717, 1.165) is 22.4 Å². The molecule has 23 heavy (non-hydrogen) atoms. The second-order valence-electron chi connectivity index (χ2n) is 4.81. The molecule has 2 aromatic carbocycles. The summed E-state index contributed by atoms with van der Waals surface area (Å²) in [5.41, 5.74) is 2.97. The standard InChI is InChI=1S/C17H15N3O2S/c1-22-15-8-7-12(9-14(15)13-5-3-2-4-6-13)10-18-20-17-19-16(21)11-23-17/h2-10H,11H2,1H3,(H,19,20,21). The van der Waals surface area contributed by atoms with E-state index in [1.54, 1.807) is 13.3 Å². The van der Waals surface area contributed by atoms with Gasteiger partial charge in [-0.1, -0.05) is 42.1 Å². The summed E-state index contributed by atoms with van der Waals surface area (Å²) < 4.78 is 5.43. The van der Waals surface area contributed by atoms with Gasteiger partial charge in [-0.2, -0.15) is 5.10 Å². The van der Waals surface area contributed by atoms with E-state index < -0.39 is 0 Å². The van der Waals surface area contributed by atoms with Crippen molar-refractivity contribution in [3.8, 4) is 16.9 Å². The van der Waals surface area contributed by atoms with Crippen LogP contribution in [0.1, 0.15) is 5.56 Å². The van der Waals surface area contributed by atoms with Crippen molar-refractivity contribution >= 4 is 29.1 Å². The Hall–Kier alpha value is -2.60. The number of hydrogen-bond acceptors (Lipinski definition) is 5. The van der Waals surface area contributed by atoms with Crippen LogP contribution in [0.3, 0.4) is 0 Å². The molecular weight excluding hydrogens is 310 g/mol. The van der Waals surface area contributed by atoms with Crippen molar-refractivity contribution in [2.45, 2.75) is 0 Å². The van der Waals surface area contributed by atoms with E-state index >= 15 is 0 Å². The highest BCUT2D eigenvalue weighted by molar-refractivity contribution is 8.15. The van der Waals surface area contributed by atoms with Crippen molar-refractivity contribution < 1.29 is 9.53 Å². The number of carbonyl (C=O) groups is 1. The second-order valence-corrected chi connectivity index (χ2v) is 5.78. The Morgan fingerprint density at radius 3 is 2.74 bits per heavy atom. The minimum absolute atomic E-state index is 0.0419. The lowest BCUT2D eigenvalue weighted by atomic mass is 10.0. The number of amides is 1. The predicted molar refractivity (Wildman–Crippen MR) is 94.1 cm³/mol. The van der Waals surface area contributed by atoms with Crippen molar-refractivity contribution in [2.75, 3.05) is 12.9 Å². The number of nitrogens with zero attached hydrogens (tertiary/aromatic N) is 2. The van der Waals surface area contributed by atoms with Crippen molar-refractivity contribution in [3.63, 3.8) is 0 Å². The first kappa shape index (κ1) is 15.3. The molecule has 116 valence electrons. The molecule has 1 aliphatic rings. The van der Waals surface area contributed by atoms with E-state index in [9.17, 15) is 4.79 Å². The summed E-state index contributed by atoms with van der Waals surface area (Å²) in [5, 5.41) is 11.2. The second kappa shape index (κ2) is 7.11. The Morgan fingerprint density at radius 2 is 2.04 bits per heavy atom. The van der Waals surface area contributed by atoms with Crippen LogP contribution in [0, 0.1) is 0 Å². The SMILES string of the molecule is COc1ccc(C=NN=C2NC(=O)CS2)cc1-c1ccccc1. The zero-order valence-electron chi connectivity index (χ0n) is 12.5. The summed E-state index contributed by atoms with van der Waals surface area (Å²) in [6.45, 7) is 0. The van der Waals surface area contributed by atoms with Crippen LogP contribution in [-0.2, 0) is 4.79 Å². The number of rotatable bonds is 4. The van der Waals surface area contributed by atoms with Gasteiger partial charge in [0.05, 0.1) is 19.1 Å². The molecule has 1 fully saturated rings. The first-order chi connectivity index (χ1) is 11.3. The van der Waals surface area contributed by atoms with Crippen LogP contribution in [0.15, 0.2) is 58.7 Å². The first-order valence-corrected chi connectivity index (χ1v) is 8.02. The molecule has 0 unspecified atom stereocenters. The molecule has 0 saturated carbocycles. The Kier molecular flexibility index (Phi) is 4.73. The van der Waals surface area contributed by atoms with Gasteiger partial charge in [-0.3, -0.25) is 4.79 Å². The molecule has 1 amide bonds. The molecule has 2 aromatic rings. The number of hydrogen-bond donors (Lipinski definition) is 1. The van der Waals surface area contributed by atoms with Gasteiger partial charge in [0.25, 0.3) is 0 Å². The van der Waals surface area contributed by atoms with Crippen molar-refractivity contribution in [3.05, 3.63) is 54.1 Å². The number of amidine groups is 1. The van der Waals surface area contributed by atoms with E-state index in [-0.39, 0.29) is 5.91 Å². The zero-order valence-corrected chi connectivity index (χ0v) is 13.3. The van der Waals surface area contributed by atoms with Crippen LogP contribution < -0.4 is 10.1 Å². The molecule has 0 aliphatic carbocycles. The summed E-state index contributed by atoms with van der Waals surface area (Å²) in [4.78, 5) is 11.1. The summed E-state index contributed by atoms with van der Waals surface area (Å²) in [6, 6.07) is 15.8. The van der Waals surface area contributed by atoms with E-state index in [2.05, 4.69) is 15.5 Å². The average molecular weight is 325 g/mol. The normalized spacial score (nSPS) is 16.0. The van der Waals surface area contributed by atoms with Crippen molar-refractivity contribution in [1.29, 1.82) is 0 Å². The summed E-state index contributed by atoms with van der Waals surface area (Å²) in [6.07, 6.45) is 1.66. The van der Waals surface area contributed by atoms with Crippen molar-refractivity contribution in [1.82, 2.24) is 5.32 Å². The maximum absolute atomic E-state index is 11.1. The summed E-state index contributed by atoms with van der Waals surface area (Å²) in [7, 11) is 1.65. The fourth-order valence-corrected chi connectivity index (χ4v) is 2.81. The fourth-order valence-electron chi connectivity index (χ4n) is 2.18. The lowest BCUT2D eigenvalue weighted by molar-refractivity contribution is -0.116. The topological polar surface area (TPSA) is 63.1 Å². The largest absolute Gasteiger partial charge is 0.496 e. The van der Waals surface area contributed by atoms with Gasteiger partial charge >= 0.3 is 0 Å². The quantitative estimate of drug-likeness (QED) is 0.694. The molecule has 0 spiro atoms. The highest BCUT2D eigenvalue weighted by Gasteiger charge is 2.15. The smallest absolute Gasteiger partial charge is 0.236 e. The Bertz CT molecular complexity index is 773. The van der Waals surface area contributed by atoms with E-state index in [1.807, 2.05) is 48.5 Å². The van der Waals surface area contributed by atoms with Gasteiger partial charge in [0.2, 0.25) is 5.91 Å². The maximum atomic E-state index is 11.1. The molecular formula is C17H15N3O2S. The third-order valence-electron chi connectivity index (χ3n) is 3.25. The minimum atomic E-state index is -0.0419. The average Bonchev–Trinajstić information content (AvgIpc) is 3.01. The van der Waals surface area contributed by atoms with Gasteiger partial charge in [-0.05, 0) is 29.3 Å². The predicted octanol–water partition coefficient (Wildman–Crippen LogP) is 2.92. The molecule has 0 aromatic heterocycles. The molecule has 5 nitrogen and oxygen atoms in total. The molecule has 1 heterocycles. The number of methoxy groups -OCH3 is 1. The molecule has 6 heteroatoms. The summed E-state index contributed by atoms with van der Waals surface area (Å²) >= 11 is 1.35. The van der Waals surface area contributed by atoms with Crippen LogP contribution in [0.5, 0.6) is 5.75 Å². The number of ether oxygens (including phenoxy) is 1. The molecule has 1 aliphatic heterocycles. The number of benzene rings is 2. The minimum Gasteiger partial charge on any atom is -0.496 e. The van der Waals surface area contributed by atoms with Gasteiger partial charge in [0, 0.05) is 5.56 Å². The maximum Gasteiger partial charge on any atom is 0.236 e. The molecule has 0 radical (unpaired) electrons. The molecule has 0 atom stereocenters. The fraction of sp³-hybridized carbons (Fsp3) is 0.118. The van der Waals surface area contributed by atoms with E-state index in [0.29, 0.717) is 10.9 Å². The zero-order chi connectivity index (χ0) is 16.1. The highest BCUT2D eigenvalue weighted by atomic mass is 32.2. The molecule has 1 saturated heterocycles. The lowest BCUT2D eigenvalue weighted by Gasteiger charge is -2.09. The number of nitrogens with one attached hydrogen (secondary N) is 1. The first-order valence-electron chi connectivity index (χ1n) is 7.03. The van der Waals surface area contributed by atoms with Crippen molar-refractivity contribution in [2.24, 2.45) is 10.2 Å². The highest BCUT2D eigenvalue weighted by Crippen LogP contribution is 2.30. The number of carbonyl (C=O) groups excluding carboxylic acids is 1. The van der Waals surface area contributed by atoms with E-state index in [1.165, 1.54) is 11.8 Å². The van der Waals surface area contributed by atoms with Gasteiger partial charge in [-0.25, -0.2) is 0 Å². The Labute approximate surface area is 138 Å². The third kappa shape index (κ3) is 3.78. The summed E-state index contributed by atoms with van der Waals surface area (Å²) in [5.74, 6) is 1.16. The third-order valence-corrected chi connectivity index (χ3v) is 4.11. The molecule has 0 bridgehead atoms. The molecule has 1 N–H and O–H groups in total. The van der Waals surface area contributed by atoms with E-state index in [4.69, 9.17) is 4.74 Å². The van der Waals surface area contributed by atoms with Crippen LogP contribution in [-0.4, -0.2) is 30.2 Å². The van der Waals surface area contributed by atoms with Crippen LogP contribution in [0.25, 0.3) is 11.1 Å². The lowest BCUT2D eigenvalue weighted by Crippen LogP contribution is -2.19. The molecule has 3 rings (SSSR count). The van der Waals surface area contributed by atoms with Gasteiger partial charge in [0.1, 0.15) is 5.75 Å². The van der Waals surface area contributed by atoms with Gasteiger partial charge in [-0.15, -0.1) is 5.10 Å². The van der Waals surface area contributed by atoms with Crippen LogP contribution in [0.4, 0.5) is 0 Å². The van der Waals surface area contributed by atoms with Crippen LogP contribution in [0.2, 0.25) is 0 Å². The van der Waals surface area contributed by atoms with Gasteiger partial charge < -0.3 is 10.1 Å². The Balaban J connectivity index is 1.85. The van der Waals surface area contributed by atoms with Gasteiger partial charge in [0.15, 0.2) is 5.17 Å². The monoisotopic (exact) mass is 325 g/mol. The Morgan fingerprint density at radius 1 is 1.22 bits per heavy atom.